The van der Waals surface area contributed by atoms with Crippen molar-refractivity contribution in [3.05, 3.63) is 59.3 Å². The minimum atomic E-state index is 0.595. The van der Waals surface area contributed by atoms with Gasteiger partial charge in [0.1, 0.15) is 0 Å². The molecule has 130 valence electrons. The molecule has 0 saturated carbocycles. The SMILES string of the molecule is C/C=C\C=C(\C)C/C=C/C=C(\C(C)=C\C)C(C)C(C)CC(C)C. The van der Waals surface area contributed by atoms with Crippen molar-refractivity contribution < 1.29 is 0 Å². The fourth-order valence-electron chi connectivity index (χ4n) is 2.82. The Kier molecular flexibility index (Phi) is 11.5. The lowest BCUT2D eigenvalue weighted by molar-refractivity contribution is 0.360. The van der Waals surface area contributed by atoms with E-state index in [9.17, 15) is 0 Å². The van der Waals surface area contributed by atoms with Crippen molar-refractivity contribution in [3.63, 3.8) is 0 Å². The predicted molar refractivity (Wildman–Crippen MR) is 108 cm³/mol. The van der Waals surface area contributed by atoms with Crippen LogP contribution in [-0.2, 0) is 0 Å². The van der Waals surface area contributed by atoms with Crippen LogP contribution in [0, 0.1) is 17.8 Å². The standard InChI is InChI=1S/C23H38/c1-9-11-14-19(5)15-12-13-16-23(20(6)10-2)22(8)21(7)17-18(3)4/h9-14,16,18,21-22H,15,17H2,1-8H3/b11-9-,13-12+,19-14-,20-10+,23-16+. The molecule has 0 aromatic rings. The lowest BCUT2D eigenvalue weighted by Gasteiger charge is -2.25. The molecule has 0 nitrogen and oxygen atoms in total. The molecule has 0 heterocycles. The Morgan fingerprint density at radius 1 is 0.913 bits per heavy atom. The van der Waals surface area contributed by atoms with Crippen molar-refractivity contribution in [3.8, 4) is 0 Å². The number of allylic oxidation sites excluding steroid dienone is 10. The van der Waals surface area contributed by atoms with E-state index in [-0.39, 0.29) is 0 Å². The van der Waals surface area contributed by atoms with Crippen LogP contribution in [-0.4, -0.2) is 0 Å². The maximum Gasteiger partial charge on any atom is -0.0135 e. The van der Waals surface area contributed by atoms with Crippen LogP contribution in [0.2, 0.25) is 0 Å². The van der Waals surface area contributed by atoms with Gasteiger partial charge in [-0.1, -0.05) is 81.4 Å². The van der Waals surface area contributed by atoms with E-state index in [1.54, 1.807) is 0 Å². The highest BCUT2D eigenvalue weighted by atomic mass is 14.2. The van der Waals surface area contributed by atoms with Crippen molar-refractivity contribution in [2.24, 2.45) is 17.8 Å². The number of hydrogen-bond acceptors (Lipinski definition) is 0. The molecule has 0 saturated heterocycles. The molecule has 2 atom stereocenters. The Bertz CT molecular complexity index is 466. The first kappa shape index (κ1) is 21.7. The Morgan fingerprint density at radius 3 is 2.09 bits per heavy atom. The summed E-state index contributed by atoms with van der Waals surface area (Å²) in [6, 6.07) is 0. The van der Waals surface area contributed by atoms with Gasteiger partial charge in [-0.15, -0.1) is 0 Å². The van der Waals surface area contributed by atoms with Gasteiger partial charge in [0.25, 0.3) is 0 Å². The van der Waals surface area contributed by atoms with Gasteiger partial charge in [0.15, 0.2) is 0 Å². The van der Waals surface area contributed by atoms with Gasteiger partial charge >= 0.3 is 0 Å². The predicted octanol–water partition coefficient (Wildman–Crippen LogP) is 7.67. The second-order valence-corrected chi connectivity index (χ2v) is 7.16. The molecule has 0 aromatic heterocycles. The summed E-state index contributed by atoms with van der Waals surface area (Å²) in [5.74, 6) is 2.06. The van der Waals surface area contributed by atoms with E-state index in [1.165, 1.54) is 23.1 Å². The second-order valence-electron chi connectivity index (χ2n) is 7.16. The van der Waals surface area contributed by atoms with Gasteiger partial charge in [0.05, 0.1) is 0 Å². The molecular formula is C23H38. The lowest BCUT2D eigenvalue weighted by atomic mass is 9.80. The number of hydrogen-bond donors (Lipinski definition) is 0. The van der Waals surface area contributed by atoms with E-state index >= 15 is 0 Å². The van der Waals surface area contributed by atoms with Crippen LogP contribution in [0.4, 0.5) is 0 Å². The van der Waals surface area contributed by atoms with Crippen molar-refractivity contribution in [1.82, 2.24) is 0 Å². The molecule has 0 fully saturated rings. The molecule has 0 heteroatoms. The largest absolute Gasteiger partial charge is 0.0877 e. The Morgan fingerprint density at radius 2 is 1.57 bits per heavy atom. The second kappa shape index (κ2) is 12.2. The van der Waals surface area contributed by atoms with Crippen LogP contribution in [0.5, 0.6) is 0 Å². The third-order valence-corrected chi connectivity index (χ3v) is 4.50. The van der Waals surface area contributed by atoms with Gasteiger partial charge in [-0.05, 0) is 63.9 Å². The fraction of sp³-hybridized carbons (Fsp3) is 0.565. The molecule has 0 spiro atoms. The summed E-state index contributed by atoms with van der Waals surface area (Å²) >= 11 is 0. The quantitative estimate of drug-likeness (QED) is 0.383. The molecule has 0 rings (SSSR count). The molecule has 0 radical (unpaired) electrons. The molecule has 0 amide bonds. The van der Waals surface area contributed by atoms with E-state index in [0.717, 1.165) is 12.3 Å². The molecule has 2 unspecified atom stereocenters. The van der Waals surface area contributed by atoms with Gasteiger partial charge in [-0.2, -0.15) is 0 Å². The highest BCUT2D eigenvalue weighted by molar-refractivity contribution is 5.34. The highest BCUT2D eigenvalue weighted by Gasteiger charge is 2.18. The summed E-state index contributed by atoms with van der Waals surface area (Å²) in [7, 11) is 0. The first-order chi connectivity index (χ1) is 10.8. The monoisotopic (exact) mass is 314 g/mol. The lowest BCUT2D eigenvalue weighted by Crippen LogP contribution is -2.14. The van der Waals surface area contributed by atoms with Gasteiger partial charge in [-0.25, -0.2) is 0 Å². The topological polar surface area (TPSA) is 0 Å². The fourth-order valence-corrected chi connectivity index (χ4v) is 2.82. The average molecular weight is 315 g/mol. The number of rotatable bonds is 9. The van der Waals surface area contributed by atoms with E-state index in [0.29, 0.717) is 11.8 Å². The van der Waals surface area contributed by atoms with E-state index < -0.39 is 0 Å². The summed E-state index contributed by atoms with van der Waals surface area (Å²) in [5.41, 5.74) is 4.27. The van der Waals surface area contributed by atoms with E-state index in [4.69, 9.17) is 0 Å². The zero-order valence-electron chi connectivity index (χ0n) is 16.7. The normalized spacial score (nSPS) is 17.5. The molecular weight excluding hydrogens is 276 g/mol. The Labute approximate surface area is 145 Å². The molecule has 0 bridgehead atoms. The zero-order chi connectivity index (χ0) is 17.8. The van der Waals surface area contributed by atoms with E-state index in [1.807, 2.05) is 6.92 Å². The first-order valence-corrected chi connectivity index (χ1v) is 9.11. The molecule has 0 aliphatic rings. The van der Waals surface area contributed by atoms with Gasteiger partial charge in [0, 0.05) is 0 Å². The minimum absolute atomic E-state index is 0.595. The van der Waals surface area contributed by atoms with Crippen molar-refractivity contribution in [2.45, 2.75) is 68.2 Å². The summed E-state index contributed by atoms with van der Waals surface area (Å²) in [6.07, 6.45) is 17.7. The van der Waals surface area contributed by atoms with Crippen LogP contribution in [0.3, 0.4) is 0 Å². The Hall–Kier alpha value is -1.30. The average Bonchev–Trinajstić information content (AvgIpc) is 2.50. The summed E-state index contributed by atoms with van der Waals surface area (Å²) < 4.78 is 0. The van der Waals surface area contributed by atoms with Crippen LogP contribution in [0.15, 0.2) is 59.3 Å². The van der Waals surface area contributed by atoms with Gasteiger partial charge in [0.2, 0.25) is 0 Å². The van der Waals surface area contributed by atoms with Crippen molar-refractivity contribution in [1.29, 1.82) is 0 Å². The zero-order valence-corrected chi connectivity index (χ0v) is 16.7. The van der Waals surface area contributed by atoms with Crippen LogP contribution in [0.1, 0.15) is 68.2 Å². The molecule has 0 aliphatic heterocycles. The van der Waals surface area contributed by atoms with Gasteiger partial charge in [-0.3, -0.25) is 0 Å². The summed E-state index contributed by atoms with van der Waals surface area (Å²) in [6.45, 7) is 18.0. The molecule has 23 heavy (non-hydrogen) atoms. The third kappa shape index (κ3) is 9.43. The van der Waals surface area contributed by atoms with E-state index in [2.05, 4.69) is 91.0 Å². The molecule has 0 N–H and O–H groups in total. The van der Waals surface area contributed by atoms with Gasteiger partial charge < -0.3 is 0 Å². The first-order valence-electron chi connectivity index (χ1n) is 9.11. The molecule has 0 aromatic carbocycles. The van der Waals surface area contributed by atoms with Crippen molar-refractivity contribution in [2.75, 3.05) is 0 Å². The highest BCUT2D eigenvalue weighted by Crippen LogP contribution is 2.30. The summed E-state index contributed by atoms with van der Waals surface area (Å²) in [4.78, 5) is 0. The summed E-state index contributed by atoms with van der Waals surface area (Å²) in [5, 5.41) is 0. The Balaban J connectivity index is 5.04. The smallest absolute Gasteiger partial charge is 0.0135 e. The maximum atomic E-state index is 2.38. The molecule has 0 aliphatic carbocycles. The third-order valence-electron chi connectivity index (χ3n) is 4.50. The van der Waals surface area contributed by atoms with Crippen LogP contribution < -0.4 is 0 Å². The van der Waals surface area contributed by atoms with Crippen molar-refractivity contribution >= 4 is 0 Å². The van der Waals surface area contributed by atoms with Crippen LogP contribution in [0.25, 0.3) is 0 Å². The minimum Gasteiger partial charge on any atom is -0.0877 e. The maximum absolute atomic E-state index is 2.38. The van der Waals surface area contributed by atoms with Crippen LogP contribution >= 0.6 is 0 Å².